The first-order valence-corrected chi connectivity index (χ1v) is 5.79. The van der Waals surface area contributed by atoms with Crippen molar-refractivity contribution < 1.29 is 0 Å². The molecule has 1 aromatic rings. The summed E-state index contributed by atoms with van der Waals surface area (Å²) in [4.78, 5) is 0. The second kappa shape index (κ2) is 6.16. The van der Waals surface area contributed by atoms with E-state index in [1.807, 2.05) is 6.07 Å². The summed E-state index contributed by atoms with van der Waals surface area (Å²) in [6.45, 7) is 2.93. The molecule has 0 saturated carbocycles. The largest absolute Gasteiger partial charge is 0.362 e. The number of benzene rings is 1. The van der Waals surface area contributed by atoms with Crippen molar-refractivity contribution in [1.82, 2.24) is 5.32 Å². The topological polar surface area (TPSA) is 24.1 Å². The van der Waals surface area contributed by atoms with Gasteiger partial charge in [0.05, 0.1) is 10.0 Å². The van der Waals surface area contributed by atoms with E-state index in [1.54, 1.807) is 12.1 Å². The van der Waals surface area contributed by atoms with Crippen molar-refractivity contribution >= 4 is 46.2 Å². The van der Waals surface area contributed by atoms with Crippen LogP contribution in [-0.2, 0) is 0 Å². The second-order valence-corrected chi connectivity index (χ2v) is 4.23. The van der Waals surface area contributed by atoms with Gasteiger partial charge in [-0.15, -0.1) is 0 Å². The molecule has 0 atom stereocenters. The Bertz CT molecular complexity index is 355. The lowest BCUT2D eigenvalue weighted by molar-refractivity contribution is 0.846. The minimum atomic E-state index is 0.514. The third-order valence-electron chi connectivity index (χ3n) is 1.71. The van der Waals surface area contributed by atoms with Gasteiger partial charge in [-0.2, -0.15) is 0 Å². The van der Waals surface area contributed by atoms with Crippen molar-refractivity contribution in [3.8, 4) is 0 Å². The summed E-state index contributed by atoms with van der Waals surface area (Å²) in [5.41, 5.74) is 0.831. The Hall–Kier alpha value is -0.510. The minimum Gasteiger partial charge on any atom is -0.362 e. The highest BCUT2D eigenvalue weighted by molar-refractivity contribution is 7.80. The van der Waals surface area contributed by atoms with Crippen molar-refractivity contribution in [3.63, 3.8) is 0 Å². The first-order chi connectivity index (χ1) is 7.13. The van der Waals surface area contributed by atoms with Gasteiger partial charge in [-0.3, -0.25) is 0 Å². The molecular formula is C10H12Cl2N2S. The van der Waals surface area contributed by atoms with Crippen LogP contribution in [0.15, 0.2) is 18.2 Å². The molecule has 0 fully saturated rings. The lowest BCUT2D eigenvalue weighted by Gasteiger charge is -2.09. The van der Waals surface area contributed by atoms with E-state index in [9.17, 15) is 0 Å². The van der Waals surface area contributed by atoms with E-state index in [2.05, 4.69) is 17.6 Å². The normalized spacial score (nSPS) is 9.80. The first kappa shape index (κ1) is 12.6. The molecule has 1 aromatic carbocycles. The van der Waals surface area contributed by atoms with E-state index in [4.69, 9.17) is 35.4 Å². The Balaban J connectivity index is 2.57. The third-order valence-corrected chi connectivity index (χ3v) is 2.70. The summed E-state index contributed by atoms with van der Waals surface area (Å²) in [6, 6.07) is 5.30. The molecule has 0 aliphatic carbocycles. The molecule has 0 amide bonds. The fourth-order valence-electron chi connectivity index (χ4n) is 0.988. The molecule has 0 spiro atoms. The van der Waals surface area contributed by atoms with Crippen molar-refractivity contribution in [2.75, 3.05) is 11.9 Å². The van der Waals surface area contributed by atoms with Gasteiger partial charge in [0, 0.05) is 12.2 Å². The van der Waals surface area contributed by atoms with Crippen LogP contribution in [0.5, 0.6) is 0 Å². The van der Waals surface area contributed by atoms with E-state index in [1.165, 1.54) is 0 Å². The number of rotatable bonds is 3. The molecule has 2 nitrogen and oxygen atoms in total. The highest BCUT2D eigenvalue weighted by Crippen LogP contribution is 2.24. The summed E-state index contributed by atoms with van der Waals surface area (Å²) >= 11 is 16.7. The third kappa shape index (κ3) is 4.24. The van der Waals surface area contributed by atoms with Crippen molar-refractivity contribution in [1.29, 1.82) is 0 Å². The molecule has 0 heterocycles. The van der Waals surface area contributed by atoms with Crippen molar-refractivity contribution in [3.05, 3.63) is 28.2 Å². The van der Waals surface area contributed by atoms with Crippen LogP contribution < -0.4 is 10.6 Å². The number of halogens is 2. The molecule has 0 unspecified atom stereocenters. The Kier molecular flexibility index (Phi) is 5.15. The SMILES string of the molecule is CCCNC(=S)Nc1ccc(Cl)c(Cl)c1. The van der Waals surface area contributed by atoms with E-state index >= 15 is 0 Å². The van der Waals surface area contributed by atoms with Gasteiger partial charge in [-0.05, 0) is 36.8 Å². The molecule has 1 rings (SSSR count). The zero-order valence-corrected chi connectivity index (χ0v) is 10.6. The predicted molar refractivity (Wildman–Crippen MR) is 71.0 cm³/mol. The molecule has 0 aromatic heterocycles. The van der Waals surface area contributed by atoms with Gasteiger partial charge >= 0.3 is 0 Å². The average molecular weight is 263 g/mol. The second-order valence-electron chi connectivity index (χ2n) is 3.01. The number of anilines is 1. The van der Waals surface area contributed by atoms with Crippen LogP contribution in [0.1, 0.15) is 13.3 Å². The fraction of sp³-hybridized carbons (Fsp3) is 0.300. The van der Waals surface area contributed by atoms with Gasteiger partial charge < -0.3 is 10.6 Å². The van der Waals surface area contributed by atoms with Crippen LogP contribution in [0.2, 0.25) is 10.0 Å². The van der Waals surface area contributed by atoms with E-state index in [0.717, 1.165) is 18.7 Å². The first-order valence-electron chi connectivity index (χ1n) is 4.63. The molecule has 0 aliphatic heterocycles. The lowest BCUT2D eigenvalue weighted by Crippen LogP contribution is -2.28. The maximum Gasteiger partial charge on any atom is 0.170 e. The summed E-state index contributed by atoms with van der Waals surface area (Å²) < 4.78 is 0. The van der Waals surface area contributed by atoms with Gasteiger partial charge in [0.25, 0.3) is 0 Å². The molecule has 5 heteroatoms. The molecule has 0 aliphatic rings. The number of nitrogens with one attached hydrogen (secondary N) is 2. The summed E-state index contributed by atoms with van der Waals surface area (Å²) in [6.07, 6.45) is 1.03. The average Bonchev–Trinajstić information content (AvgIpc) is 2.20. The van der Waals surface area contributed by atoms with Crippen molar-refractivity contribution in [2.45, 2.75) is 13.3 Å². The zero-order valence-electron chi connectivity index (χ0n) is 8.31. The van der Waals surface area contributed by atoms with Gasteiger partial charge in [0.15, 0.2) is 5.11 Å². The summed E-state index contributed by atoms with van der Waals surface area (Å²) in [5, 5.41) is 7.72. The molecule has 0 bridgehead atoms. The van der Waals surface area contributed by atoms with Crippen LogP contribution in [0, 0.1) is 0 Å². The Morgan fingerprint density at radius 1 is 1.33 bits per heavy atom. The smallest absolute Gasteiger partial charge is 0.170 e. The molecule has 0 saturated heterocycles. The monoisotopic (exact) mass is 262 g/mol. The van der Waals surface area contributed by atoms with Gasteiger partial charge in [-0.1, -0.05) is 30.1 Å². The van der Waals surface area contributed by atoms with Crippen LogP contribution in [0.25, 0.3) is 0 Å². The summed E-state index contributed by atoms with van der Waals surface area (Å²) in [5.74, 6) is 0. The molecule has 82 valence electrons. The van der Waals surface area contributed by atoms with E-state index in [-0.39, 0.29) is 0 Å². The van der Waals surface area contributed by atoms with Crippen LogP contribution >= 0.6 is 35.4 Å². The number of thiocarbonyl (C=S) groups is 1. The number of hydrogen-bond donors (Lipinski definition) is 2. The van der Waals surface area contributed by atoms with Crippen LogP contribution in [0.3, 0.4) is 0 Å². The standard InChI is InChI=1S/C10H12Cl2N2S/c1-2-5-13-10(15)14-7-3-4-8(11)9(12)6-7/h3-4,6H,2,5H2,1H3,(H2,13,14,15). The molecule has 2 N–H and O–H groups in total. The Morgan fingerprint density at radius 2 is 2.07 bits per heavy atom. The maximum atomic E-state index is 5.87. The van der Waals surface area contributed by atoms with Gasteiger partial charge in [-0.25, -0.2) is 0 Å². The Labute approximate surface area is 105 Å². The van der Waals surface area contributed by atoms with E-state index in [0.29, 0.717) is 15.2 Å². The molecule has 0 radical (unpaired) electrons. The fourth-order valence-corrected chi connectivity index (χ4v) is 1.51. The highest BCUT2D eigenvalue weighted by Gasteiger charge is 2.00. The van der Waals surface area contributed by atoms with Crippen LogP contribution in [0.4, 0.5) is 5.69 Å². The van der Waals surface area contributed by atoms with Crippen LogP contribution in [-0.4, -0.2) is 11.7 Å². The Morgan fingerprint density at radius 3 is 2.67 bits per heavy atom. The van der Waals surface area contributed by atoms with Crippen molar-refractivity contribution in [2.24, 2.45) is 0 Å². The molecule has 15 heavy (non-hydrogen) atoms. The highest BCUT2D eigenvalue weighted by atomic mass is 35.5. The lowest BCUT2D eigenvalue weighted by atomic mass is 10.3. The van der Waals surface area contributed by atoms with E-state index < -0.39 is 0 Å². The zero-order chi connectivity index (χ0) is 11.3. The molecular weight excluding hydrogens is 251 g/mol. The quantitative estimate of drug-likeness (QED) is 0.813. The van der Waals surface area contributed by atoms with Gasteiger partial charge in [0.2, 0.25) is 0 Å². The summed E-state index contributed by atoms with van der Waals surface area (Å²) in [7, 11) is 0. The van der Waals surface area contributed by atoms with Gasteiger partial charge in [0.1, 0.15) is 0 Å². The predicted octanol–water partition coefficient (Wildman–Crippen LogP) is 3.69. The maximum absolute atomic E-state index is 5.87. The number of hydrogen-bond acceptors (Lipinski definition) is 1. The minimum absolute atomic E-state index is 0.514.